The molecule has 1 amide bonds. The van der Waals surface area contributed by atoms with Gasteiger partial charge in [-0.25, -0.2) is 14.2 Å². The molecule has 4 aromatic carbocycles. The summed E-state index contributed by atoms with van der Waals surface area (Å²) in [4.78, 5) is 26.5. The highest BCUT2D eigenvalue weighted by Gasteiger charge is 2.31. The lowest BCUT2D eigenvalue weighted by Gasteiger charge is -2.20. The lowest BCUT2D eigenvalue weighted by molar-refractivity contribution is -0.147. The highest BCUT2D eigenvalue weighted by molar-refractivity contribution is 7.48. The summed E-state index contributed by atoms with van der Waals surface area (Å²) in [5.74, 6) is -0.675. The van der Waals surface area contributed by atoms with E-state index < -0.39 is 25.9 Å². The molecule has 12 heteroatoms. The minimum Gasteiger partial charge on any atom is -0.459 e. The van der Waals surface area contributed by atoms with Gasteiger partial charge in [-0.3, -0.25) is 9.05 Å². The van der Waals surface area contributed by atoms with E-state index in [1.54, 1.807) is 12.1 Å². The van der Waals surface area contributed by atoms with Crippen LogP contribution in [0.2, 0.25) is 0 Å². The molecule has 1 aliphatic carbocycles. The summed E-state index contributed by atoms with van der Waals surface area (Å²) in [5, 5.41) is 20.3. The van der Waals surface area contributed by atoms with Gasteiger partial charge in [-0.1, -0.05) is 91.0 Å². The molecule has 49 heavy (non-hydrogen) atoms. The summed E-state index contributed by atoms with van der Waals surface area (Å²) in [6, 6.07) is 34.1. The van der Waals surface area contributed by atoms with Crippen molar-refractivity contribution >= 4 is 19.9 Å². The number of fused-ring (bicyclic) bond motifs is 3. The molecule has 4 aromatic rings. The third-order valence-corrected chi connectivity index (χ3v) is 9.08. The van der Waals surface area contributed by atoms with Crippen LogP contribution in [0.4, 0.5) is 4.79 Å². The van der Waals surface area contributed by atoms with E-state index in [-0.39, 0.29) is 57.4 Å². The van der Waals surface area contributed by atoms with Gasteiger partial charge in [-0.2, -0.15) is 10.5 Å². The van der Waals surface area contributed by atoms with E-state index in [4.69, 9.17) is 33.6 Å². The van der Waals surface area contributed by atoms with E-state index in [0.717, 1.165) is 27.8 Å². The highest BCUT2D eigenvalue weighted by atomic mass is 31.2. The van der Waals surface area contributed by atoms with Crippen LogP contribution in [0.5, 0.6) is 5.75 Å². The van der Waals surface area contributed by atoms with Crippen molar-refractivity contribution < 1.29 is 37.2 Å². The molecule has 0 saturated heterocycles. The molecule has 0 radical (unpaired) electrons. The van der Waals surface area contributed by atoms with Gasteiger partial charge < -0.3 is 19.3 Å². The Morgan fingerprint density at radius 1 is 0.735 bits per heavy atom. The number of esters is 1. The van der Waals surface area contributed by atoms with E-state index in [1.807, 2.05) is 91.0 Å². The van der Waals surface area contributed by atoms with Crippen LogP contribution in [0.15, 0.2) is 103 Å². The number of benzene rings is 4. The Labute approximate surface area is 284 Å². The Morgan fingerprint density at radius 2 is 1.31 bits per heavy atom. The minimum absolute atomic E-state index is 0.0161. The lowest BCUT2D eigenvalue weighted by atomic mass is 9.98. The van der Waals surface area contributed by atoms with Gasteiger partial charge in [0, 0.05) is 12.3 Å². The zero-order valence-corrected chi connectivity index (χ0v) is 27.4. The number of nitrogens with one attached hydrogen (secondary N) is 1. The van der Waals surface area contributed by atoms with Crippen LogP contribution < -0.4 is 9.84 Å². The molecule has 0 fully saturated rings. The topological polar surface area (TPSA) is 157 Å². The smallest absolute Gasteiger partial charge is 0.459 e. The molecule has 1 aliphatic rings. The number of phosphoric acid groups is 1. The Hall–Kier alpha value is -5.45. The largest absolute Gasteiger partial charge is 0.530 e. The van der Waals surface area contributed by atoms with Crippen LogP contribution in [0.25, 0.3) is 11.1 Å². The van der Waals surface area contributed by atoms with Crippen molar-refractivity contribution in [1.82, 2.24) is 5.32 Å². The van der Waals surface area contributed by atoms with Crippen LogP contribution in [0, 0.1) is 22.7 Å². The van der Waals surface area contributed by atoms with Gasteiger partial charge in [-0.05, 0) is 45.5 Å². The first-order chi connectivity index (χ1) is 23.9. The highest BCUT2D eigenvalue weighted by Crippen LogP contribution is 2.49. The average Bonchev–Trinajstić information content (AvgIpc) is 3.44. The number of nitrogens with zero attached hydrogens (tertiary/aromatic N) is 2. The first kappa shape index (κ1) is 34.9. The molecule has 250 valence electrons. The van der Waals surface area contributed by atoms with Crippen molar-refractivity contribution in [2.24, 2.45) is 0 Å². The van der Waals surface area contributed by atoms with Crippen molar-refractivity contribution in [2.45, 2.75) is 37.8 Å². The first-order valence-electron chi connectivity index (χ1n) is 15.6. The van der Waals surface area contributed by atoms with E-state index >= 15 is 0 Å². The van der Waals surface area contributed by atoms with Crippen molar-refractivity contribution in [1.29, 1.82) is 10.5 Å². The molecular weight excluding hydrogens is 645 g/mol. The second-order valence-electron chi connectivity index (χ2n) is 11.0. The summed E-state index contributed by atoms with van der Waals surface area (Å²) >= 11 is 0. The number of ether oxygens (including phenoxy) is 2. The van der Waals surface area contributed by atoms with Gasteiger partial charge in [0.25, 0.3) is 0 Å². The number of hydrogen-bond donors (Lipinski definition) is 1. The van der Waals surface area contributed by atoms with Gasteiger partial charge in [0.05, 0.1) is 38.2 Å². The molecule has 0 aromatic heterocycles. The minimum atomic E-state index is -4.12. The van der Waals surface area contributed by atoms with Crippen LogP contribution >= 0.6 is 7.82 Å². The number of alkyl carbamates (subject to hydrolysis) is 1. The standard InChI is InChI=1S/C37H34N3O8P/c38-20-8-22-46-49(43,47-23-9-21-39)48-29-18-16-27(17-19-29)24-35(36(41)44-25-28-10-2-1-3-11-28)40-37(42)45-26-34-32-14-6-4-12-30(32)31-13-5-7-15-33(31)34/h1-7,10-19,34-35H,8-9,22-26H2,(H,40,42)/t35-/m0/s1. The number of amides is 1. The number of carbonyl (C=O) groups is 2. The number of hydrogen-bond acceptors (Lipinski definition) is 10. The summed E-state index contributed by atoms with van der Waals surface area (Å²) in [6.45, 7) is -0.285. The predicted octanol–water partition coefficient (Wildman–Crippen LogP) is 7.23. The summed E-state index contributed by atoms with van der Waals surface area (Å²) in [5.41, 5.74) is 5.73. The maximum atomic E-state index is 13.3. The van der Waals surface area contributed by atoms with Crippen molar-refractivity contribution in [3.8, 4) is 29.0 Å². The fourth-order valence-electron chi connectivity index (χ4n) is 5.35. The maximum Gasteiger partial charge on any atom is 0.530 e. The molecular formula is C37H34N3O8P. The monoisotopic (exact) mass is 679 g/mol. The SMILES string of the molecule is N#CCCOP(=O)(OCCC#N)Oc1ccc(C[C@H](NC(=O)OCC2c3ccccc3-c3ccccc32)C(=O)OCc2ccccc2)cc1. The van der Waals surface area contributed by atoms with Gasteiger partial charge in [0.1, 0.15) is 25.0 Å². The zero-order chi connectivity index (χ0) is 34.5. The summed E-state index contributed by atoms with van der Waals surface area (Å²) < 4.78 is 40.3. The fraction of sp³-hybridized carbons (Fsp3) is 0.243. The summed E-state index contributed by atoms with van der Waals surface area (Å²) in [7, 11) is -4.12. The lowest BCUT2D eigenvalue weighted by Crippen LogP contribution is -2.43. The summed E-state index contributed by atoms with van der Waals surface area (Å²) in [6.07, 6.45) is -0.792. The molecule has 0 bridgehead atoms. The number of rotatable bonds is 16. The number of phosphoric ester groups is 1. The van der Waals surface area contributed by atoms with Crippen LogP contribution in [-0.2, 0) is 40.9 Å². The van der Waals surface area contributed by atoms with Gasteiger partial charge in [0.15, 0.2) is 0 Å². The van der Waals surface area contributed by atoms with E-state index in [1.165, 1.54) is 12.1 Å². The van der Waals surface area contributed by atoms with E-state index in [9.17, 15) is 14.2 Å². The van der Waals surface area contributed by atoms with Crippen molar-refractivity contribution in [3.05, 3.63) is 125 Å². The Kier molecular flexibility index (Phi) is 12.2. The van der Waals surface area contributed by atoms with E-state index in [2.05, 4.69) is 5.32 Å². The molecule has 0 saturated carbocycles. The van der Waals surface area contributed by atoms with Crippen LogP contribution in [0.1, 0.15) is 41.0 Å². The second-order valence-corrected chi connectivity index (χ2v) is 12.6. The van der Waals surface area contributed by atoms with Crippen molar-refractivity contribution in [2.75, 3.05) is 19.8 Å². The predicted molar refractivity (Wildman–Crippen MR) is 179 cm³/mol. The Balaban J connectivity index is 1.26. The van der Waals surface area contributed by atoms with Gasteiger partial charge in [-0.15, -0.1) is 0 Å². The quantitative estimate of drug-likeness (QED) is 0.0728. The normalized spacial score (nSPS) is 12.4. The molecule has 0 spiro atoms. The maximum absolute atomic E-state index is 13.3. The van der Waals surface area contributed by atoms with Gasteiger partial charge >= 0.3 is 19.9 Å². The van der Waals surface area contributed by atoms with Crippen molar-refractivity contribution in [3.63, 3.8) is 0 Å². The third-order valence-electron chi connectivity index (χ3n) is 7.65. The molecule has 0 unspecified atom stereocenters. The molecule has 0 aliphatic heterocycles. The molecule has 1 N–H and O–H groups in total. The number of carbonyl (C=O) groups excluding carboxylic acids is 2. The van der Waals surface area contributed by atoms with Gasteiger partial charge in [0.2, 0.25) is 0 Å². The van der Waals surface area contributed by atoms with E-state index in [0.29, 0.717) is 5.56 Å². The average molecular weight is 680 g/mol. The van der Waals surface area contributed by atoms with Crippen LogP contribution in [0.3, 0.4) is 0 Å². The number of nitriles is 2. The van der Waals surface area contributed by atoms with Crippen LogP contribution in [-0.4, -0.2) is 37.9 Å². The first-order valence-corrected chi connectivity index (χ1v) is 17.1. The molecule has 11 nitrogen and oxygen atoms in total. The molecule has 1 atom stereocenters. The second kappa shape index (κ2) is 17.1. The Bertz CT molecular complexity index is 1800. The zero-order valence-electron chi connectivity index (χ0n) is 26.5. The Morgan fingerprint density at radius 3 is 1.90 bits per heavy atom. The molecule has 0 heterocycles. The fourth-order valence-corrected chi connectivity index (χ4v) is 6.54. The third kappa shape index (κ3) is 9.56. The molecule has 5 rings (SSSR count).